The van der Waals surface area contributed by atoms with E-state index in [-0.39, 0.29) is 12.6 Å². The summed E-state index contributed by atoms with van der Waals surface area (Å²) in [5.41, 5.74) is 0.588. The summed E-state index contributed by atoms with van der Waals surface area (Å²) in [5, 5.41) is 12.6. The van der Waals surface area contributed by atoms with Gasteiger partial charge in [0.2, 0.25) is 0 Å². The molecule has 1 aliphatic rings. The molecule has 2 amide bonds. The fraction of sp³-hybridized carbons (Fsp3) is 0.462. The number of aliphatic hydroxyl groups is 1. The number of nitrogens with zero attached hydrogens (tertiary/aromatic N) is 2. The van der Waals surface area contributed by atoms with E-state index < -0.39 is 0 Å². The van der Waals surface area contributed by atoms with E-state index in [1.807, 2.05) is 0 Å². The molecular weight excluding hydrogens is 301 g/mol. The van der Waals surface area contributed by atoms with Gasteiger partial charge in [-0.25, -0.2) is 4.79 Å². The highest BCUT2D eigenvalue weighted by atomic mass is 35.5. The van der Waals surface area contributed by atoms with Crippen LogP contribution in [0.1, 0.15) is 0 Å². The van der Waals surface area contributed by atoms with Gasteiger partial charge in [0.25, 0.3) is 0 Å². The molecule has 0 radical (unpaired) electrons. The van der Waals surface area contributed by atoms with Crippen molar-refractivity contribution in [3.8, 4) is 0 Å². The van der Waals surface area contributed by atoms with Crippen LogP contribution in [-0.2, 0) is 0 Å². The standard InChI is InChI=1S/C13H17Cl2N3O2/c14-10-7-11(15)9-12(8-10)16-13(20)18-3-1-17(2-4-18)5-6-19/h7-9,19H,1-6H2,(H,16,20). The highest BCUT2D eigenvalue weighted by Crippen LogP contribution is 2.22. The molecule has 0 saturated carbocycles. The van der Waals surface area contributed by atoms with Crippen LogP contribution in [0.4, 0.5) is 10.5 Å². The summed E-state index contributed by atoms with van der Waals surface area (Å²) in [6, 6.07) is 4.78. The van der Waals surface area contributed by atoms with Crippen molar-refractivity contribution in [2.75, 3.05) is 44.6 Å². The van der Waals surface area contributed by atoms with Crippen LogP contribution in [0.5, 0.6) is 0 Å². The Morgan fingerprint density at radius 1 is 1.15 bits per heavy atom. The molecule has 7 heteroatoms. The minimum Gasteiger partial charge on any atom is -0.395 e. The van der Waals surface area contributed by atoms with Crippen molar-refractivity contribution < 1.29 is 9.90 Å². The average Bonchev–Trinajstić information content (AvgIpc) is 2.38. The third kappa shape index (κ3) is 4.24. The van der Waals surface area contributed by atoms with Gasteiger partial charge in [-0.2, -0.15) is 0 Å². The van der Waals surface area contributed by atoms with Crippen molar-refractivity contribution in [1.82, 2.24) is 9.80 Å². The normalized spacial score (nSPS) is 16.2. The molecule has 1 aromatic rings. The summed E-state index contributed by atoms with van der Waals surface area (Å²) in [5.74, 6) is 0. The highest BCUT2D eigenvalue weighted by molar-refractivity contribution is 6.35. The van der Waals surface area contributed by atoms with E-state index in [1.165, 1.54) is 0 Å². The van der Waals surface area contributed by atoms with Crippen LogP contribution >= 0.6 is 23.2 Å². The lowest BCUT2D eigenvalue weighted by Crippen LogP contribution is -2.50. The molecule has 1 heterocycles. The topological polar surface area (TPSA) is 55.8 Å². The Labute approximate surface area is 128 Å². The zero-order valence-corrected chi connectivity index (χ0v) is 12.5. The SMILES string of the molecule is O=C(Nc1cc(Cl)cc(Cl)c1)N1CCN(CCO)CC1. The number of carbonyl (C=O) groups is 1. The number of urea groups is 1. The van der Waals surface area contributed by atoms with Gasteiger partial charge in [0.15, 0.2) is 0 Å². The first kappa shape index (κ1) is 15.4. The van der Waals surface area contributed by atoms with Crippen molar-refractivity contribution in [2.24, 2.45) is 0 Å². The molecular formula is C13H17Cl2N3O2. The quantitative estimate of drug-likeness (QED) is 0.898. The lowest BCUT2D eigenvalue weighted by Gasteiger charge is -2.34. The van der Waals surface area contributed by atoms with Crippen molar-refractivity contribution in [3.05, 3.63) is 28.2 Å². The maximum absolute atomic E-state index is 12.1. The first-order valence-corrected chi connectivity index (χ1v) is 7.19. The molecule has 0 spiro atoms. The Balaban J connectivity index is 1.89. The zero-order valence-electron chi connectivity index (χ0n) is 11.0. The van der Waals surface area contributed by atoms with Gasteiger partial charge in [-0.1, -0.05) is 23.2 Å². The van der Waals surface area contributed by atoms with Gasteiger partial charge in [-0.15, -0.1) is 0 Å². The Morgan fingerprint density at radius 3 is 2.30 bits per heavy atom. The summed E-state index contributed by atoms with van der Waals surface area (Å²) < 4.78 is 0. The number of carbonyl (C=O) groups excluding carboxylic acids is 1. The fourth-order valence-corrected chi connectivity index (χ4v) is 2.67. The number of hydrogen-bond donors (Lipinski definition) is 2. The monoisotopic (exact) mass is 317 g/mol. The van der Waals surface area contributed by atoms with E-state index >= 15 is 0 Å². The lowest BCUT2D eigenvalue weighted by atomic mass is 10.3. The average molecular weight is 318 g/mol. The fourth-order valence-electron chi connectivity index (χ4n) is 2.14. The Bertz CT molecular complexity index is 456. The molecule has 5 nitrogen and oxygen atoms in total. The van der Waals surface area contributed by atoms with Crippen molar-refractivity contribution in [2.45, 2.75) is 0 Å². The van der Waals surface area contributed by atoms with Crippen LogP contribution in [0.25, 0.3) is 0 Å². The van der Waals surface area contributed by atoms with Gasteiger partial charge < -0.3 is 15.3 Å². The molecule has 1 saturated heterocycles. The number of aliphatic hydroxyl groups excluding tert-OH is 1. The number of amides is 2. The van der Waals surface area contributed by atoms with E-state index in [0.717, 1.165) is 13.1 Å². The number of anilines is 1. The highest BCUT2D eigenvalue weighted by Gasteiger charge is 2.20. The summed E-state index contributed by atoms with van der Waals surface area (Å²) in [4.78, 5) is 16.0. The van der Waals surface area contributed by atoms with Crippen molar-refractivity contribution >= 4 is 34.9 Å². The Hall–Kier alpha value is -1.01. The molecule has 20 heavy (non-hydrogen) atoms. The van der Waals surface area contributed by atoms with Crippen LogP contribution in [0.15, 0.2) is 18.2 Å². The molecule has 1 aromatic carbocycles. The third-order valence-corrected chi connectivity index (χ3v) is 3.63. The molecule has 0 aliphatic carbocycles. The Morgan fingerprint density at radius 2 is 1.75 bits per heavy atom. The minimum atomic E-state index is -0.160. The second-order valence-electron chi connectivity index (χ2n) is 4.64. The van der Waals surface area contributed by atoms with E-state index in [9.17, 15) is 4.79 Å². The third-order valence-electron chi connectivity index (χ3n) is 3.19. The number of halogens is 2. The number of rotatable bonds is 3. The molecule has 0 atom stereocenters. The van der Waals surface area contributed by atoms with Crippen LogP contribution < -0.4 is 5.32 Å². The molecule has 1 aliphatic heterocycles. The maximum atomic E-state index is 12.1. The first-order valence-electron chi connectivity index (χ1n) is 6.44. The second-order valence-corrected chi connectivity index (χ2v) is 5.51. The number of β-amino-alcohol motifs (C(OH)–C–C–N with tert-alkyl or cyclic N) is 1. The summed E-state index contributed by atoms with van der Waals surface area (Å²) in [7, 11) is 0. The summed E-state index contributed by atoms with van der Waals surface area (Å²) in [6.07, 6.45) is 0. The van der Waals surface area contributed by atoms with E-state index in [1.54, 1.807) is 23.1 Å². The van der Waals surface area contributed by atoms with Gasteiger partial charge in [0.05, 0.1) is 6.61 Å². The summed E-state index contributed by atoms with van der Waals surface area (Å²) >= 11 is 11.8. The van der Waals surface area contributed by atoms with Gasteiger partial charge >= 0.3 is 6.03 Å². The maximum Gasteiger partial charge on any atom is 0.321 e. The van der Waals surface area contributed by atoms with Crippen LogP contribution in [0, 0.1) is 0 Å². The van der Waals surface area contributed by atoms with Crippen LogP contribution in [0.2, 0.25) is 10.0 Å². The summed E-state index contributed by atoms with van der Waals surface area (Å²) in [6.45, 7) is 3.61. The van der Waals surface area contributed by atoms with Gasteiger partial charge in [0, 0.05) is 48.5 Å². The molecule has 2 N–H and O–H groups in total. The minimum absolute atomic E-state index is 0.146. The molecule has 2 rings (SSSR count). The molecule has 0 aromatic heterocycles. The lowest BCUT2D eigenvalue weighted by molar-refractivity contribution is 0.127. The zero-order chi connectivity index (χ0) is 14.5. The molecule has 0 bridgehead atoms. The molecule has 1 fully saturated rings. The second kappa shape index (κ2) is 7.13. The van der Waals surface area contributed by atoms with E-state index in [2.05, 4.69) is 10.2 Å². The number of nitrogens with one attached hydrogen (secondary N) is 1. The largest absolute Gasteiger partial charge is 0.395 e. The van der Waals surface area contributed by atoms with Crippen LogP contribution in [0.3, 0.4) is 0 Å². The predicted molar refractivity (Wildman–Crippen MR) is 80.6 cm³/mol. The number of piperazine rings is 1. The Kier molecular flexibility index (Phi) is 5.48. The smallest absolute Gasteiger partial charge is 0.321 e. The van der Waals surface area contributed by atoms with Crippen LogP contribution in [-0.4, -0.2) is 60.3 Å². The van der Waals surface area contributed by atoms with Gasteiger partial charge in [-0.05, 0) is 18.2 Å². The number of hydrogen-bond acceptors (Lipinski definition) is 3. The molecule has 0 unspecified atom stereocenters. The number of benzene rings is 1. The van der Waals surface area contributed by atoms with Crippen molar-refractivity contribution in [3.63, 3.8) is 0 Å². The van der Waals surface area contributed by atoms with Gasteiger partial charge in [0.1, 0.15) is 0 Å². The van der Waals surface area contributed by atoms with E-state index in [4.69, 9.17) is 28.3 Å². The first-order chi connectivity index (χ1) is 9.58. The molecule has 110 valence electrons. The van der Waals surface area contributed by atoms with Crippen molar-refractivity contribution in [1.29, 1.82) is 0 Å². The van der Waals surface area contributed by atoms with Gasteiger partial charge in [-0.3, -0.25) is 4.90 Å². The van der Waals surface area contributed by atoms with E-state index in [0.29, 0.717) is 35.4 Å². The predicted octanol–water partition coefficient (Wildman–Crippen LogP) is 2.14.